The summed E-state index contributed by atoms with van der Waals surface area (Å²) in [6, 6.07) is -0.0685. The van der Waals surface area contributed by atoms with Gasteiger partial charge in [-0.15, -0.1) is 10.2 Å². The quantitative estimate of drug-likeness (QED) is 0.914. The van der Waals surface area contributed by atoms with Crippen molar-refractivity contribution in [2.24, 2.45) is 11.3 Å². The Balaban J connectivity index is 1.46. The maximum Gasteiger partial charge on any atom is 0.318 e. The van der Waals surface area contributed by atoms with Gasteiger partial charge in [0.15, 0.2) is 5.82 Å². The monoisotopic (exact) mass is 333 g/mol. The van der Waals surface area contributed by atoms with Gasteiger partial charge in [-0.25, -0.2) is 4.79 Å². The molecule has 4 heterocycles. The van der Waals surface area contributed by atoms with E-state index in [1.54, 1.807) is 0 Å². The standard InChI is InChI=1S/C17H27N5O2/c1-12(2)14(15-20-19-13-4-3-7-22(13)15)18-16(23)21-8-5-17(10-21)6-9-24-11-17/h12,14H,3-11H2,1-2H3,(H,18,23)/t14-,17+/m0/s1. The first-order valence-electron chi connectivity index (χ1n) is 9.13. The van der Waals surface area contributed by atoms with Crippen LogP contribution in [0.5, 0.6) is 0 Å². The summed E-state index contributed by atoms with van der Waals surface area (Å²) in [6.07, 6.45) is 4.22. The number of nitrogens with zero attached hydrogens (tertiary/aromatic N) is 4. The molecule has 0 aromatic carbocycles. The van der Waals surface area contributed by atoms with E-state index in [0.717, 1.165) is 70.2 Å². The molecule has 7 nitrogen and oxygen atoms in total. The molecule has 0 bridgehead atoms. The molecule has 1 aromatic rings. The molecule has 2 atom stereocenters. The molecule has 0 saturated carbocycles. The third kappa shape index (κ3) is 2.68. The minimum atomic E-state index is -0.0896. The van der Waals surface area contributed by atoms with E-state index < -0.39 is 0 Å². The highest BCUT2D eigenvalue weighted by molar-refractivity contribution is 5.75. The van der Waals surface area contributed by atoms with E-state index >= 15 is 0 Å². The summed E-state index contributed by atoms with van der Waals surface area (Å²) in [5.41, 5.74) is 0.195. The summed E-state index contributed by atoms with van der Waals surface area (Å²) in [5, 5.41) is 11.9. The number of likely N-dealkylation sites (tertiary alicyclic amines) is 1. The minimum Gasteiger partial charge on any atom is -0.381 e. The molecule has 132 valence electrons. The average Bonchev–Trinajstić information content (AvgIpc) is 3.31. The lowest BCUT2D eigenvalue weighted by Gasteiger charge is -2.27. The van der Waals surface area contributed by atoms with Gasteiger partial charge in [-0.05, 0) is 25.2 Å². The summed E-state index contributed by atoms with van der Waals surface area (Å²) in [6.45, 7) is 8.45. The highest BCUT2D eigenvalue weighted by Crippen LogP contribution is 2.38. The first kappa shape index (κ1) is 15.9. The molecule has 3 aliphatic heterocycles. The van der Waals surface area contributed by atoms with E-state index in [-0.39, 0.29) is 23.4 Å². The molecule has 0 unspecified atom stereocenters. The largest absolute Gasteiger partial charge is 0.381 e. The van der Waals surface area contributed by atoms with Crippen LogP contribution in [0.1, 0.15) is 50.8 Å². The van der Waals surface area contributed by atoms with Gasteiger partial charge in [0.05, 0.1) is 12.6 Å². The van der Waals surface area contributed by atoms with Gasteiger partial charge in [0.25, 0.3) is 0 Å². The molecule has 4 rings (SSSR count). The number of rotatable bonds is 3. The van der Waals surface area contributed by atoms with Gasteiger partial charge in [-0.3, -0.25) is 0 Å². The first-order chi connectivity index (χ1) is 11.6. The van der Waals surface area contributed by atoms with Crippen molar-refractivity contribution in [1.29, 1.82) is 0 Å². The fourth-order valence-corrected chi connectivity index (χ4v) is 4.24. The van der Waals surface area contributed by atoms with Crippen LogP contribution in [0.2, 0.25) is 0 Å². The molecule has 2 saturated heterocycles. The van der Waals surface area contributed by atoms with Gasteiger partial charge in [0.2, 0.25) is 0 Å². The fourth-order valence-electron chi connectivity index (χ4n) is 4.24. The maximum atomic E-state index is 12.8. The van der Waals surface area contributed by atoms with Crippen molar-refractivity contribution in [2.75, 3.05) is 26.3 Å². The number of amides is 2. The second-order valence-electron chi connectivity index (χ2n) is 7.87. The number of nitrogens with one attached hydrogen (secondary N) is 1. The van der Waals surface area contributed by atoms with Crippen molar-refractivity contribution >= 4 is 6.03 Å². The van der Waals surface area contributed by atoms with Crippen LogP contribution in [0.3, 0.4) is 0 Å². The second-order valence-corrected chi connectivity index (χ2v) is 7.87. The van der Waals surface area contributed by atoms with Crippen molar-refractivity contribution < 1.29 is 9.53 Å². The number of hydrogen-bond acceptors (Lipinski definition) is 4. The molecular weight excluding hydrogens is 306 g/mol. The van der Waals surface area contributed by atoms with Crippen LogP contribution in [0.15, 0.2) is 0 Å². The molecule has 24 heavy (non-hydrogen) atoms. The maximum absolute atomic E-state index is 12.8. The topological polar surface area (TPSA) is 72.3 Å². The van der Waals surface area contributed by atoms with E-state index in [0.29, 0.717) is 0 Å². The predicted molar refractivity (Wildman–Crippen MR) is 88.5 cm³/mol. The highest BCUT2D eigenvalue weighted by Gasteiger charge is 2.43. The van der Waals surface area contributed by atoms with Gasteiger partial charge in [-0.1, -0.05) is 13.8 Å². The van der Waals surface area contributed by atoms with Gasteiger partial charge < -0.3 is 19.5 Å². The van der Waals surface area contributed by atoms with Crippen LogP contribution in [0.4, 0.5) is 4.79 Å². The van der Waals surface area contributed by atoms with Crippen molar-refractivity contribution in [3.63, 3.8) is 0 Å². The lowest BCUT2D eigenvalue weighted by molar-refractivity contribution is 0.151. The van der Waals surface area contributed by atoms with E-state index in [1.807, 2.05) is 4.90 Å². The zero-order valence-corrected chi connectivity index (χ0v) is 14.6. The zero-order valence-electron chi connectivity index (χ0n) is 14.6. The molecule has 1 spiro atoms. The van der Waals surface area contributed by atoms with Crippen LogP contribution < -0.4 is 5.32 Å². The molecule has 3 aliphatic rings. The molecule has 0 radical (unpaired) electrons. The van der Waals surface area contributed by atoms with Crippen molar-refractivity contribution in [3.05, 3.63) is 11.6 Å². The number of urea groups is 1. The third-order valence-corrected chi connectivity index (χ3v) is 5.77. The molecule has 2 fully saturated rings. The van der Waals surface area contributed by atoms with E-state index in [9.17, 15) is 4.79 Å². The Morgan fingerprint density at radius 1 is 1.29 bits per heavy atom. The van der Waals surface area contributed by atoms with E-state index in [1.165, 1.54) is 0 Å². The SMILES string of the molecule is CC(C)[C@H](NC(=O)N1CC[C@@]2(CCOC2)C1)c1nnc2n1CCC2. The van der Waals surface area contributed by atoms with Gasteiger partial charge >= 0.3 is 6.03 Å². The van der Waals surface area contributed by atoms with E-state index in [4.69, 9.17) is 4.74 Å². The Morgan fingerprint density at radius 2 is 2.17 bits per heavy atom. The Morgan fingerprint density at radius 3 is 2.92 bits per heavy atom. The number of aryl methyl sites for hydroxylation is 1. The van der Waals surface area contributed by atoms with Crippen LogP contribution >= 0.6 is 0 Å². The lowest BCUT2D eigenvalue weighted by atomic mass is 9.87. The van der Waals surface area contributed by atoms with Crippen LogP contribution in [-0.4, -0.2) is 52.0 Å². The molecule has 1 N–H and O–H groups in total. The number of carbonyl (C=O) groups excluding carboxylic acids is 1. The van der Waals surface area contributed by atoms with Crippen LogP contribution in [0, 0.1) is 11.3 Å². The first-order valence-corrected chi connectivity index (χ1v) is 9.13. The van der Waals surface area contributed by atoms with Crippen molar-refractivity contribution in [2.45, 2.75) is 52.1 Å². The van der Waals surface area contributed by atoms with E-state index in [2.05, 4.69) is 33.9 Å². The fraction of sp³-hybridized carbons (Fsp3) is 0.824. The highest BCUT2D eigenvalue weighted by atomic mass is 16.5. The summed E-state index contributed by atoms with van der Waals surface area (Å²) in [7, 11) is 0. The summed E-state index contributed by atoms with van der Waals surface area (Å²) in [5.74, 6) is 2.23. The molecule has 7 heteroatoms. The molecule has 0 aliphatic carbocycles. The Hall–Kier alpha value is -1.63. The van der Waals surface area contributed by atoms with Crippen LogP contribution in [0.25, 0.3) is 0 Å². The number of hydrogen-bond donors (Lipinski definition) is 1. The van der Waals surface area contributed by atoms with Gasteiger partial charge in [0.1, 0.15) is 5.82 Å². The Kier molecular flexibility index (Phi) is 3.98. The average molecular weight is 333 g/mol. The third-order valence-electron chi connectivity index (χ3n) is 5.77. The number of carbonyl (C=O) groups is 1. The summed E-state index contributed by atoms with van der Waals surface area (Å²) in [4.78, 5) is 14.8. The van der Waals surface area contributed by atoms with Crippen LogP contribution in [-0.2, 0) is 17.7 Å². The van der Waals surface area contributed by atoms with Gasteiger partial charge in [-0.2, -0.15) is 0 Å². The minimum absolute atomic E-state index is 0.0211. The van der Waals surface area contributed by atoms with Crippen molar-refractivity contribution in [1.82, 2.24) is 25.0 Å². The normalized spacial score (nSPS) is 27.2. The number of aromatic nitrogens is 3. The number of fused-ring (bicyclic) bond motifs is 1. The Labute approximate surface area is 142 Å². The summed E-state index contributed by atoms with van der Waals surface area (Å²) >= 11 is 0. The Bertz CT molecular complexity index is 620. The number of ether oxygens (including phenoxy) is 1. The summed E-state index contributed by atoms with van der Waals surface area (Å²) < 4.78 is 7.74. The smallest absolute Gasteiger partial charge is 0.318 e. The van der Waals surface area contributed by atoms with Gasteiger partial charge in [0, 0.05) is 38.1 Å². The molecule has 2 amide bonds. The van der Waals surface area contributed by atoms with Crippen molar-refractivity contribution in [3.8, 4) is 0 Å². The second kappa shape index (κ2) is 6.02. The predicted octanol–water partition coefficient (Wildman–Crippen LogP) is 1.74. The molecular formula is C17H27N5O2. The molecule has 1 aromatic heterocycles. The zero-order chi connectivity index (χ0) is 16.7. The lowest BCUT2D eigenvalue weighted by Crippen LogP contribution is -2.43.